The number of benzene rings is 2. The van der Waals surface area contributed by atoms with E-state index in [1.807, 2.05) is 68.6 Å². The van der Waals surface area contributed by atoms with E-state index in [-0.39, 0.29) is 11.8 Å². The number of amides is 3. The molecule has 2 atom stereocenters. The number of alkyl carbamates (subject to hydrolysis) is 1. The van der Waals surface area contributed by atoms with E-state index in [1.165, 1.54) is 0 Å². The van der Waals surface area contributed by atoms with Gasteiger partial charge in [0.1, 0.15) is 17.7 Å². The van der Waals surface area contributed by atoms with Gasteiger partial charge in [0.25, 0.3) is 5.91 Å². The average molecular weight is 540 g/mol. The summed E-state index contributed by atoms with van der Waals surface area (Å²) in [6.07, 6.45) is 4.01. The molecule has 206 valence electrons. The van der Waals surface area contributed by atoms with Crippen molar-refractivity contribution in [3.8, 4) is 0 Å². The van der Waals surface area contributed by atoms with Crippen molar-refractivity contribution in [3.63, 3.8) is 0 Å². The molecular formula is C30H41N3O4S. The summed E-state index contributed by atoms with van der Waals surface area (Å²) < 4.78 is 5.44. The second-order valence-electron chi connectivity index (χ2n) is 10.1. The fourth-order valence-electron chi connectivity index (χ4n) is 3.99. The highest BCUT2D eigenvalue weighted by molar-refractivity contribution is 7.98. The normalized spacial score (nSPS) is 12.7. The Morgan fingerprint density at radius 3 is 2.45 bits per heavy atom. The van der Waals surface area contributed by atoms with Crippen LogP contribution in [0.4, 0.5) is 10.5 Å². The molecule has 8 heteroatoms. The molecular weight excluding hydrogens is 498 g/mol. The number of ether oxygens (including phenoxy) is 1. The fourth-order valence-corrected chi connectivity index (χ4v) is 4.47. The van der Waals surface area contributed by atoms with Crippen molar-refractivity contribution in [2.45, 2.75) is 65.1 Å². The first kappa shape index (κ1) is 31.0. The third kappa shape index (κ3) is 9.24. The Hall–Kier alpha value is -3.26. The molecule has 0 bridgehead atoms. The first-order valence-corrected chi connectivity index (χ1v) is 14.3. The Bertz CT molecular complexity index is 1110. The van der Waals surface area contributed by atoms with Crippen molar-refractivity contribution in [2.75, 3.05) is 23.9 Å². The van der Waals surface area contributed by atoms with Crippen LogP contribution in [0.3, 0.4) is 0 Å². The molecule has 0 saturated carbocycles. The summed E-state index contributed by atoms with van der Waals surface area (Å²) in [6, 6.07) is 13.2. The van der Waals surface area contributed by atoms with Gasteiger partial charge in [-0.1, -0.05) is 56.0 Å². The molecule has 0 spiro atoms. The Balaban J connectivity index is 2.52. The fraction of sp³-hybridized carbons (Fsp3) is 0.433. The van der Waals surface area contributed by atoms with Crippen LogP contribution in [0.5, 0.6) is 0 Å². The quantitative estimate of drug-likeness (QED) is 0.335. The summed E-state index contributed by atoms with van der Waals surface area (Å²) in [6.45, 7) is 13.4. The van der Waals surface area contributed by atoms with Gasteiger partial charge in [-0.25, -0.2) is 4.79 Å². The minimum atomic E-state index is -0.917. The Morgan fingerprint density at radius 1 is 1.13 bits per heavy atom. The number of carbonyl (C=O) groups is 3. The van der Waals surface area contributed by atoms with Crippen molar-refractivity contribution in [3.05, 3.63) is 71.8 Å². The number of hydrogen-bond donors (Lipinski definition) is 2. The maximum atomic E-state index is 14.1. The van der Waals surface area contributed by atoms with Crippen molar-refractivity contribution >= 4 is 41.4 Å². The van der Waals surface area contributed by atoms with Gasteiger partial charge < -0.3 is 20.3 Å². The zero-order valence-electron chi connectivity index (χ0n) is 23.4. The number of thioether (sulfide) groups is 1. The molecule has 0 heterocycles. The van der Waals surface area contributed by atoms with Gasteiger partial charge in [-0.2, -0.15) is 11.8 Å². The number of para-hydroxylation sites is 1. The van der Waals surface area contributed by atoms with E-state index in [4.69, 9.17) is 4.74 Å². The van der Waals surface area contributed by atoms with Gasteiger partial charge >= 0.3 is 6.09 Å². The Kier molecular flexibility index (Phi) is 11.9. The van der Waals surface area contributed by atoms with E-state index in [1.54, 1.807) is 43.5 Å². The molecule has 0 aliphatic rings. The lowest BCUT2D eigenvalue weighted by Crippen LogP contribution is -2.52. The summed E-state index contributed by atoms with van der Waals surface area (Å²) in [5.74, 6) is -0.0121. The lowest BCUT2D eigenvalue weighted by atomic mass is 9.99. The molecule has 2 aromatic rings. The smallest absolute Gasteiger partial charge is 0.408 e. The Morgan fingerprint density at radius 2 is 1.84 bits per heavy atom. The molecule has 0 radical (unpaired) electrons. The molecule has 2 aromatic carbocycles. The number of hydrogen-bond acceptors (Lipinski definition) is 5. The molecule has 0 aliphatic heterocycles. The van der Waals surface area contributed by atoms with Crippen molar-refractivity contribution in [2.24, 2.45) is 0 Å². The second kappa shape index (κ2) is 14.6. The van der Waals surface area contributed by atoms with Crippen molar-refractivity contribution in [1.82, 2.24) is 10.2 Å². The number of anilines is 1. The van der Waals surface area contributed by atoms with Gasteiger partial charge in [0.05, 0.1) is 0 Å². The summed E-state index contributed by atoms with van der Waals surface area (Å²) in [4.78, 5) is 42.2. The minimum Gasteiger partial charge on any atom is -0.444 e. The molecule has 0 fully saturated rings. The van der Waals surface area contributed by atoms with Crippen LogP contribution in [0, 0.1) is 6.92 Å². The van der Waals surface area contributed by atoms with Crippen LogP contribution < -0.4 is 10.6 Å². The molecule has 2 rings (SSSR count). The summed E-state index contributed by atoms with van der Waals surface area (Å²) in [5.41, 5.74) is 2.39. The first-order chi connectivity index (χ1) is 18.0. The highest BCUT2D eigenvalue weighted by atomic mass is 32.2. The molecule has 0 saturated heterocycles. The summed E-state index contributed by atoms with van der Waals surface area (Å²) in [5, 5.41) is 5.78. The van der Waals surface area contributed by atoms with Crippen molar-refractivity contribution in [1.29, 1.82) is 0 Å². The van der Waals surface area contributed by atoms with Gasteiger partial charge in [-0.05, 0) is 81.4 Å². The van der Waals surface area contributed by atoms with E-state index >= 15 is 0 Å². The van der Waals surface area contributed by atoms with Crippen LogP contribution >= 0.6 is 11.8 Å². The van der Waals surface area contributed by atoms with Crippen LogP contribution in [0.25, 0.3) is 6.08 Å². The standard InChI is InChI=1S/C30H41N3O4S/c1-8-18-33(28(35)25(17-19-38-7)32-29(36)37-30(4,5)6)26(23-15-12-14-22(9-2)20-23)27(34)31-24-16-11-10-13-21(24)3/h9-16,20,25-26H,2,8,17-19H2,1,3-7H3,(H,31,34)(H,32,36). The van der Waals surface area contributed by atoms with Crippen LogP contribution in [0.15, 0.2) is 55.1 Å². The monoisotopic (exact) mass is 539 g/mol. The van der Waals surface area contributed by atoms with Gasteiger partial charge in [0, 0.05) is 12.2 Å². The van der Waals surface area contributed by atoms with Gasteiger partial charge in [0.15, 0.2) is 0 Å². The van der Waals surface area contributed by atoms with E-state index < -0.39 is 23.8 Å². The first-order valence-electron chi connectivity index (χ1n) is 12.9. The number of aryl methyl sites for hydroxylation is 1. The lowest BCUT2D eigenvalue weighted by molar-refractivity contribution is -0.140. The molecule has 2 unspecified atom stereocenters. The van der Waals surface area contributed by atoms with E-state index in [9.17, 15) is 14.4 Å². The molecule has 0 aliphatic carbocycles. The largest absolute Gasteiger partial charge is 0.444 e. The number of carbonyl (C=O) groups excluding carboxylic acids is 3. The van der Waals surface area contributed by atoms with E-state index in [2.05, 4.69) is 17.2 Å². The van der Waals surface area contributed by atoms with Crippen LogP contribution in [0.1, 0.15) is 63.3 Å². The topological polar surface area (TPSA) is 87.7 Å². The number of nitrogens with zero attached hydrogens (tertiary/aromatic N) is 1. The predicted molar refractivity (Wildman–Crippen MR) is 157 cm³/mol. The number of rotatable bonds is 12. The maximum Gasteiger partial charge on any atom is 0.408 e. The average Bonchev–Trinajstić information content (AvgIpc) is 2.86. The van der Waals surface area contributed by atoms with E-state index in [0.717, 1.165) is 11.1 Å². The van der Waals surface area contributed by atoms with Crippen LogP contribution in [-0.2, 0) is 14.3 Å². The maximum absolute atomic E-state index is 14.1. The molecule has 2 N–H and O–H groups in total. The summed E-state index contributed by atoms with van der Waals surface area (Å²) >= 11 is 1.58. The molecule has 3 amide bonds. The van der Waals surface area contributed by atoms with Crippen molar-refractivity contribution < 1.29 is 19.1 Å². The molecule has 0 aromatic heterocycles. The molecule has 7 nitrogen and oxygen atoms in total. The van der Waals surface area contributed by atoms with Gasteiger partial charge in [-0.15, -0.1) is 0 Å². The SMILES string of the molecule is C=Cc1cccc(C(C(=O)Nc2ccccc2C)N(CCC)C(=O)C(CCSC)NC(=O)OC(C)(C)C)c1. The van der Waals surface area contributed by atoms with Gasteiger partial charge in [-0.3, -0.25) is 9.59 Å². The van der Waals surface area contributed by atoms with Crippen LogP contribution in [0.2, 0.25) is 0 Å². The highest BCUT2D eigenvalue weighted by Gasteiger charge is 2.36. The third-order valence-corrected chi connectivity index (χ3v) is 6.42. The number of nitrogens with one attached hydrogen (secondary N) is 2. The second-order valence-corrected chi connectivity index (χ2v) is 11.1. The third-order valence-electron chi connectivity index (χ3n) is 5.77. The predicted octanol–water partition coefficient (Wildman–Crippen LogP) is 6.20. The highest BCUT2D eigenvalue weighted by Crippen LogP contribution is 2.27. The Labute approximate surface area is 231 Å². The lowest BCUT2D eigenvalue weighted by Gasteiger charge is -2.34. The minimum absolute atomic E-state index is 0.328. The zero-order chi connectivity index (χ0) is 28.3. The summed E-state index contributed by atoms with van der Waals surface area (Å²) in [7, 11) is 0. The van der Waals surface area contributed by atoms with Gasteiger partial charge in [0.2, 0.25) is 5.91 Å². The zero-order valence-corrected chi connectivity index (χ0v) is 24.2. The molecule has 38 heavy (non-hydrogen) atoms. The van der Waals surface area contributed by atoms with Crippen LogP contribution in [-0.4, -0.2) is 53.0 Å². The van der Waals surface area contributed by atoms with E-state index in [0.29, 0.717) is 36.4 Å².